The third-order valence-corrected chi connectivity index (χ3v) is 4.58. The quantitative estimate of drug-likeness (QED) is 0.103. The molecule has 0 aliphatic carbocycles. The summed E-state index contributed by atoms with van der Waals surface area (Å²) in [5, 5.41) is 18.7. The number of nitrogens with two attached hydrogens (primary N) is 3. The van der Waals surface area contributed by atoms with Crippen LogP contribution < -0.4 is 38.5 Å². The molecule has 5 amide bonds. The first-order valence-electron chi connectivity index (χ1n) is 10.5. The minimum Gasteiger partial charge on any atom is -0.480 e. The molecular formula is C19H35N7O7. The van der Waals surface area contributed by atoms with Crippen LogP contribution in [-0.4, -0.2) is 77.9 Å². The highest BCUT2D eigenvalue weighted by Gasteiger charge is 2.27. The van der Waals surface area contributed by atoms with Gasteiger partial charge in [0.1, 0.15) is 24.2 Å². The van der Waals surface area contributed by atoms with E-state index in [-0.39, 0.29) is 25.8 Å². The second-order valence-corrected chi connectivity index (χ2v) is 7.47. The Hall–Kier alpha value is -3.26. The Morgan fingerprint density at radius 1 is 0.758 bits per heavy atom. The summed E-state index contributed by atoms with van der Waals surface area (Å²) >= 11 is 0. The Kier molecular flexibility index (Phi) is 14.0. The van der Waals surface area contributed by atoms with Crippen LogP contribution in [0.1, 0.15) is 46.0 Å². The molecule has 0 rings (SSSR count). The summed E-state index contributed by atoms with van der Waals surface area (Å²) in [6, 6.07) is -4.47. The fourth-order valence-electron chi connectivity index (χ4n) is 2.64. The van der Waals surface area contributed by atoms with Crippen molar-refractivity contribution in [2.24, 2.45) is 17.2 Å². The lowest BCUT2D eigenvalue weighted by Crippen LogP contribution is -2.56. The van der Waals surface area contributed by atoms with Gasteiger partial charge in [-0.1, -0.05) is 0 Å². The van der Waals surface area contributed by atoms with E-state index in [9.17, 15) is 33.9 Å². The lowest BCUT2D eigenvalue weighted by atomic mass is 10.1. The Labute approximate surface area is 191 Å². The number of hydrogen-bond acceptors (Lipinski definition) is 8. The first-order chi connectivity index (χ1) is 15.4. The molecular weight excluding hydrogens is 438 g/mol. The summed E-state index contributed by atoms with van der Waals surface area (Å²) in [4.78, 5) is 70.9. The number of carbonyl (C=O) groups excluding carboxylic acids is 5. The predicted molar refractivity (Wildman–Crippen MR) is 117 cm³/mol. The van der Waals surface area contributed by atoms with E-state index in [0.717, 1.165) is 0 Å². The minimum absolute atomic E-state index is 0.0964. The smallest absolute Gasteiger partial charge is 0.326 e. The van der Waals surface area contributed by atoms with Gasteiger partial charge < -0.3 is 43.6 Å². The van der Waals surface area contributed by atoms with Crippen LogP contribution in [0.25, 0.3) is 0 Å². The molecule has 4 atom stereocenters. The van der Waals surface area contributed by atoms with Crippen molar-refractivity contribution in [3.05, 3.63) is 0 Å². The maximum absolute atomic E-state index is 12.4. The van der Waals surface area contributed by atoms with Crippen molar-refractivity contribution in [1.29, 1.82) is 0 Å². The maximum atomic E-state index is 12.4. The first-order valence-corrected chi connectivity index (χ1v) is 10.5. The van der Waals surface area contributed by atoms with E-state index >= 15 is 0 Å². The number of nitrogens with one attached hydrogen (secondary N) is 4. The van der Waals surface area contributed by atoms with Gasteiger partial charge in [-0.3, -0.25) is 24.0 Å². The molecule has 11 N–H and O–H groups in total. The van der Waals surface area contributed by atoms with E-state index in [0.29, 0.717) is 19.4 Å². The van der Waals surface area contributed by atoms with Gasteiger partial charge in [-0.2, -0.15) is 0 Å². The third kappa shape index (κ3) is 12.4. The molecule has 0 aromatic carbocycles. The summed E-state index contributed by atoms with van der Waals surface area (Å²) in [6.07, 6.45) is 1.02. The van der Waals surface area contributed by atoms with Crippen molar-refractivity contribution < 1.29 is 33.9 Å². The van der Waals surface area contributed by atoms with E-state index in [1.165, 1.54) is 13.8 Å². The van der Waals surface area contributed by atoms with Gasteiger partial charge in [0.05, 0.1) is 6.54 Å². The van der Waals surface area contributed by atoms with E-state index in [1.807, 2.05) is 0 Å². The number of hydrogen-bond donors (Lipinski definition) is 8. The summed E-state index contributed by atoms with van der Waals surface area (Å²) in [6.45, 7) is 2.72. The number of aliphatic carboxylic acids is 1. The SMILES string of the molecule is C[C@H](NC(=O)[C@H](C)NC(=O)[C@H](CCC(N)=O)NC(=O)CN)C(=O)N[C@@H](CCCCN)C(=O)O. The highest BCUT2D eigenvalue weighted by Crippen LogP contribution is 2.02. The van der Waals surface area contributed by atoms with Crippen LogP contribution >= 0.6 is 0 Å². The summed E-state index contributed by atoms with van der Waals surface area (Å²) < 4.78 is 0. The van der Waals surface area contributed by atoms with Crippen LogP contribution in [0.4, 0.5) is 0 Å². The first kappa shape index (κ1) is 29.7. The summed E-state index contributed by atoms with van der Waals surface area (Å²) in [7, 11) is 0. The average Bonchev–Trinajstić information content (AvgIpc) is 2.74. The monoisotopic (exact) mass is 473 g/mol. The van der Waals surface area contributed by atoms with Gasteiger partial charge in [0.15, 0.2) is 0 Å². The molecule has 0 saturated heterocycles. The van der Waals surface area contributed by atoms with Crippen LogP contribution in [0, 0.1) is 0 Å². The van der Waals surface area contributed by atoms with Crippen molar-refractivity contribution in [1.82, 2.24) is 21.3 Å². The normalized spacial score (nSPS) is 14.2. The molecule has 14 nitrogen and oxygen atoms in total. The van der Waals surface area contributed by atoms with Gasteiger partial charge in [-0.25, -0.2) is 4.79 Å². The van der Waals surface area contributed by atoms with E-state index < -0.39 is 59.7 Å². The van der Waals surface area contributed by atoms with Crippen molar-refractivity contribution in [3.8, 4) is 0 Å². The van der Waals surface area contributed by atoms with Crippen LogP contribution in [0.5, 0.6) is 0 Å². The number of unbranched alkanes of at least 4 members (excludes halogenated alkanes) is 1. The van der Waals surface area contributed by atoms with Crippen LogP contribution in [0.3, 0.4) is 0 Å². The highest BCUT2D eigenvalue weighted by molar-refractivity contribution is 5.95. The zero-order valence-electron chi connectivity index (χ0n) is 18.9. The van der Waals surface area contributed by atoms with Gasteiger partial charge in [-0.05, 0) is 46.1 Å². The molecule has 33 heavy (non-hydrogen) atoms. The van der Waals surface area contributed by atoms with Crippen LogP contribution in [0.15, 0.2) is 0 Å². The average molecular weight is 474 g/mol. The molecule has 0 unspecified atom stereocenters. The predicted octanol–water partition coefficient (Wildman–Crippen LogP) is -3.60. The highest BCUT2D eigenvalue weighted by atomic mass is 16.4. The third-order valence-electron chi connectivity index (χ3n) is 4.58. The van der Waals surface area contributed by atoms with E-state index in [4.69, 9.17) is 17.2 Å². The molecule has 0 radical (unpaired) electrons. The van der Waals surface area contributed by atoms with Gasteiger partial charge in [0.25, 0.3) is 0 Å². The molecule has 0 aromatic heterocycles. The number of carboxylic acids is 1. The Morgan fingerprint density at radius 3 is 1.79 bits per heavy atom. The Bertz CT molecular complexity index is 717. The molecule has 0 aliphatic heterocycles. The zero-order chi connectivity index (χ0) is 25.6. The summed E-state index contributed by atoms with van der Waals surface area (Å²) in [5.74, 6) is -4.70. The number of rotatable bonds is 16. The largest absolute Gasteiger partial charge is 0.480 e. The van der Waals surface area contributed by atoms with Gasteiger partial charge in [0, 0.05) is 6.42 Å². The number of amides is 5. The second-order valence-electron chi connectivity index (χ2n) is 7.47. The van der Waals surface area contributed by atoms with Gasteiger partial charge in [-0.15, -0.1) is 0 Å². The fraction of sp³-hybridized carbons (Fsp3) is 0.684. The molecule has 0 aliphatic rings. The van der Waals surface area contributed by atoms with Gasteiger partial charge in [0.2, 0.25) is 29.5 Å². The number of carbonyl (C=O) groups is 6. The van der Waals surface area contributed by atoms with E-state index in [2.05, 4.69) is 21.3 Å². The van der Waals surface area contributed by atoms with Crippen LogP contribution in [-0.2, 0) is 28.8 Å². The topological polar surface area (TPSA) is 249 Å². The van der Waals surface area contributed by atoms with Crippen molar-refractivity contribution in [3.63, 3.8) is 0 Å². The number of primary amides is 1. The Morgan fingerprint density at radius 2 is 1.30 bits per heavy atom. The van der Waals surface area contributed by atoms with Crippen LogP contribution in [0.2, 0.25) is 0 Å². The molecule has 188 valence electrons. The fourth-order valence-corrected chi connectivity index (χ4v) is 2.64. The maximum Gasteiger partial charge on any atom is 0.326 e. The lowest BCUT2D eigenvalue weighted by molar-refractivity contribution is -0.142. The van der Waals surface area contributed by atoms with E-state index in [1.54, 1.807) is 0 Å². The molecule has 0 bridgehead atoms. The molecule has 14 heteroatoms. The minimum atomic E-state index is -1.21. The molecule has 0 saturated carbocycles. The van der Waals surface area contributed by atoms with Crippen molar-refractivity contribution in [2.75, 3.05) is 13.1 Å². The lowest BCUT2D eigenvalue weighted by Gasteiger charge is -2.23. The number of carboxylic acid groups (broad SMARTS) is 1. The van der Waals surface area contributed by atoms with Crippen molar-refractivity contribution in [2.45, 2.75) is 70.1 Å². The molecule has 0 fully saturated rings. The van der Waals surface area contributed by atoms with Crippen molar-refractivity contribution >= 4 is 35.5 Å². The molecule has 0 spiro atoms. The standard InChI is InChI=1S/C19H35N7O7/c1-10(24-18(31)12(6-7-14(22)27)25-15(28)9-21)16(29)23-11(2)17(30)26-13(19(32)33)5-3-4-8-20/h10-13H,3-9,20-21H2,1-2H3,(H2,22,27)(H,23,29)(H,24,31)(H,25,28)(H,26,30)(H,32,33)/t10-,11-,12-,13-/m0/s1. The zero-order valence-corrected chi connectivity index (χ0v) is 18.9. The molecule has 0 heterocycles. The Balaban J connectivity index is 4.89. The van der Waals surface area contributed by atoms with Gasteiger partial charge >= 0.3 is 5.97 Å². The molecule has 0 aromatic rings. The second kappa shape index (κ2) is 15.5. The summed E-state index contributed by atoms with van der Waals surface area (Å²) in [5.41, 5.74) is 15.7.